The van der Waals surface area contributed by atoms with E-state index in [2.05, 4.69) is 4.98 Å². The molecule has 2 heterocycles. The third-order valence-electron chi connectivity index (χ3n) is 5.00. The fourth-order valence-corrected chi connectivity index (χ4v) is 4.30. The summed E-state index contributed by atoms with van der Waals surface area (Å²) in [5.41, 5.74) is 1.67. The highest BCUT2D eigenvalue weighted by Gasteiger charge is 2.27. The molecule has 2 amide bonds. The topological polar surface area (TPSA) is 62.7 Å². The van der Waals surface area contributed by atoms with Crippen molar-refractivity contribution in [3.8, 4) is 5.75 Å². The van der Waals surface area contributed by atoms with E-state index in [9.17, 15) is 9.59 Å². The zero-order valence-corrected chi connectivity index (χ0v) is 16.6. The summed E-state index contributed by atoms with van der Waals surface area (Å²) in [4.78, 5) is 33.0. The van der Waals surface area contributed by atoms with E-state index in [1.165, 1.54) is 0 Å². The van der Waals surface area contributed by atoms with Crippen molar-refractivity contribution >= 4 is 39.1 Å². The van der Waals surface area contributed by atoms with Gasteiger partial charge in [0.15, 0.2) is 6.61 Å². The molecule has 3 aromatic rings. The number of aromatic nitrogens is 1. The highest BCUT2D eigenvalue weighted by atomic mass is 32.1. The third-order valence-corrected chi connectivity index (χ3v) is 6.21. The molecule has 1 atom stereocenters. The lowest BCUT2D eigenvalue weighted by Crippen LogP contribution is -2.41. The van der Waals surface area contributed by atoms with Crippen LogP contribution in [0.15, 0.2) is 48.5 Å². The van der Waals surface area contributed by atoms with E-state index in [0.29, 0.717) is 18.0 Å². The third kappa shape index (κ3) is 3.45. The van der Waals surface area contributed by atoms with Crippen LogP contribution in [0, 0.1) is 0 Å². The zero-order chi connectivity index (χ0) is 19.7. The molecule has 144 valence electrons. The molecule has 0 bridgehead atoms. The highest BCUT2D eigenvalue weighted by molar-refractivity contribution is 7.18. The van der Waals surface area contributed by atoms with Crippen LogP contribution in [-0.4, -0.2) is 41.9 Å². The van der Waals surface area contributed by atoms with Gasteiger partial charge in [0.25, 0.3) is 5.91 Å². The lowest BCUT2D eigenvalue weighted by molar-refractivity contribution is -0.131. The van der Waals surface area contributed by atoms with Crippen LogP contribution in [0.25, 0.3) is 10.2 Å². The normalized spacial score (nSPS) is 14.5. The van der Waals surface area contributed by atoms with Crippen LogP contribution in [0.4, 0.5) is 5.69 Å². The van der Waals surface area contributed by atoms with Gasteiger partial charge in [-0.15, -0.1) is 11.3 Å². The summed E-state index contributed by atoms with van der Waals surface area (Å²) in [5, 5.41) is 0.907. The fourth-order valence-electron chi connectivity index (χ4n) is 3.23. The number of nitrogens with zero attached hydrogens (tertiary/aromatic N) is 3. The minimum absolute atomic E-state index is 0.00313. The second-order valence-corrected chi connectivity index (χ2v) is 7.81. The summed E-state index contributed by atoms with van der Waals surface area (Å²) in [6, 6.07) is 15.2. The van der Waals surface area contributed by atoms with Gasteiger partial charge in [-0.3, -0.25) is 9.59 Å². The van der Waals surface area contributed by atoms with Gasteiger partial charge in [0.05, 0.1) is 21.9 Å². The van der Waals surface area contributed by atoms with Crippen LogP contribution in [0.1, 0.15) is 24.4 Å². The fraction of sp³-hybridized carbons (Fsp3) is 0.286. The monoisotopic (exact) mass is 395 g/mol. The Labute approximate surface area is 167 Å². The molecule has 4 rings (SSSR count). The van der Waals surface area contributed by atoms with E-state index < -0.39 is 0 Å². The molecular weight excluding hydrogens is 374 g/mol. The van der Waals surface area contributed by atoms with Gasteiger partial charge >= 0.3 is 0 Å². The number of carbonyl (C=O) groups is 2. The van der Waals surface area contributed by atoms with Crippen molar-refractivity contribution in [1.82, 2.24) is 9.88 Å². The molecule has 0 unspecified atom stereocenters. The second kappa shape index (κ2) is 7.59. The molecule has 1 aromatic heterocycles. The minimum Gasteiger partial charge on any atom is -0.482 e. The maximum atomic E-state index is 12.8. The van der Waals surface area contributed by atoms with Crippen molar-refractivity contribution in [2.75, 3.05) is 25.1 Å². The summed E-state index contributed by atoms with van der Waals surface area (Å²) in [5.74, 6) is 0.516. The van der Waals surface area contributed by atoms with Crippen molar-refractivity contribution in [3.05, 3.63) is 53.5 Å². The van der Waals surface area contributed by atoms with Crippen LogP contribution >= 0.6 is 11.3 Å². The van der Waals surface area contributed by atoms with Crippen LogP contribution in [-0.2, 0) is 9.59 Å². The molecule has 6 nitrogen and oxygen atoms in total. The van der Waals surface area contributed by atoms with E-state index >= 15 is 0 Å². The Bertz CT molecular complexity index is 999. The molecule has 0 saturated heterocycles. The predicted octanol–water partition coefficient (Wildman–Crippen LogP) is 3.63. The molecule has 1 aliphatic rings. The first-order valence-corrected chi connectivity index (χ1v) is 9.99. The number of hydrogen-bond donors (Lipinski definition) is 0. The SMILES string of the molecule is C[C@@H](c1nc2ccccc2s1)N(C)C(=O)CCN1C(=O)COc2ccccc21. The number of fused-ring (bicyclic) bond motifs is 2. The van der Waals surface area contributed by atoms with Crippen LogP contribution in [0.3, 0.4) is 0 Å². The van der Waals surface area contributed by atoms with Gasteiger partial charge in [-0.2, -0.15) is 0 Å². The summed E-state index contributed by atoms with van der Waals surface area (Å²) in [6.07, 6.45) is 0.242. The minimum atomic E-state index is -0.131. The Hall–Kier alpha value is -2.93. The lowest BCUT2D eigenvalue weighted by atomic mass is 10.2. The first-order chi connectivity index (χ1) is 13.5. The number of thiazole rings is 1. The maximum Gasteiger partial charge on any atom is 0.265 e. The molecule has 2 aromatic carbocycles. The molecule has 0 N–H and O–H groups in total. The molecule has 0 radical (unpaired) electrons. The molecule has 0 fully saturated rings. The Kier molecular flexibility index (Phi) is 5.00. The van der Waals surface area contributed by atoms with Crippen molar-refractivity contribution in [2.45, 2.75) is 19.4 Å². The molecular formula is C21H21N3O3S. The molecule has 28 heavy (non-hydrogen) atoms. The predicted molar refractivity (Wildman–Crippen MR) is 110 cm³/mol. The number of benzene rings is 2. The smallest absolute Gasteiger partial charge is 0.265 e. The maximum absolute atomic E-state index is 12.8. The standard InChI is InChI=1S/C21H21N3O3S/c1-14(21-22-15-7-3-6-10-18(15)28-21)23(2)19(25)11-12-24-16-8-4-5-9-17(16)27-13-20(24)26/h3-10,14H,11-13H2,1-2H3/t14-/m0/s1. The number of para-hydroxylation sites is 3. The number of carbonyl (C=O) groups excluding carboxylic acids is 2. The van der Waals surface area contributed by atoms with Crippen LogP contribution in [0.5, 0.6) is 5.75 Å². The molecule has 1 aliphatic heterocycles. The van der Waals surface area contributed by atoms with Gasteiger partial charge in [-0.05, 0) is 31.2 Å². The number of ether oxygens (including phenoxy) is 1. The van der Waals surface area contributed by atoms with Crippen molar-refractivity contribution in [2.24, 2.45) is 0 Å². The summed E-state index contributed by atoms with van der Waals surface area (Å²) < 4.78 is 6.56. The highest BCUT2D eigenvalue weighted by Crippen LogP contribution is 2.32. The Morgan fingerprint density at radius 1 is 1.25 bits per heavy atom. The Balaban J connectivity index is 1.44. The van der Waals surface area contributed by atoms with Crippen LogP contribution < -0.4 is 9.64 Å². The van der Waals surface area contributed by atoms with Gasteiger partial charge in [0.2, 0.25) is 5.91 Å². The molecule has 7 heteroatoms. The van der Waals surface area contributed by atoms with Crippen molar-refractivity contribution in [1.29, 1.82) is 0 Å². The van der Waals surface area contributed by atoms with Gasteiger partial charge in [-0.1, -0.05) is 24.3 Å². The van der Waals surface area contributed by atoms with Gasteiger partial charge in [0.1, 0.15) is 10.8 Å². The van der Waals surface area contributed by atoms with Crippen LogP contribution in [0.2, 0.25) is 0 Å². The number of anilines is 1. The Morgan fingerprint density at radius 2 is 2.00 bits per heavy atom. The summed E-state index contributed by atoms with van der Waals surface area (Å²) in [7, 11) is 1.79. The van der Waals surface area contributed by atoms with E-state index in [1.807, 2.05) is 55.5 Å². The van der Waals surface area contributed by atoms with Crippen molar-refractivity contribution in [3.63, 3.8) is 0 Å². The second-order valence-electron chi connectivity index (χ2n) is 6.75. The summed E-state index contributed by atoms with van der Waals surface area (Å²) >= 11 is 1.60. The number of amides is 2. The van der Waals surface area contributed by atoms with E-state index in [1.54, 1.807) is 28.2 Å². The Morgan fingerprint density at radius 3 is 2.82 bits per heavy atom. The number of hydrogen-bond acceptors (Lipinski definition) is 5. The van der Waals surface area contributed by atoms with Gasteiger partial charge in [0, 0.05) is 20.0 Å². The van der Waals surface area contributed by atoms with Gasteiger partial charge < -0.3 is 14.5 Å². The average molecular weight is 395 g/mol. The van der Waals surface area contributed by atoms with Crippen molar-refractivity contribution < 1.29 is 14.3 Å². The van der Waals surface area contributed by atoms with E-state index in [0.717, 1.165) is 15.2 Å². The number of rotatable bonds is 5. The molecule has 0 spiro atoms. The average Bonchev–Trinajstić information content (AvgIpc) is 3.16. The van der Waals surface area contributed by atoms with E-state index in [-0.39, 0.29) is 30.9 Å². The quantitative estimate of drug-likeness (QED) is 0.662. The summed E-state index contributed by atoms with van der Waals surface area (Å²) in [6.45, 7) is 2.31. The molecule has 0 aliphatic carbocycles. The first kappa shape index (κ1) is 18.4. The van der Waals surface area contributed by atoms with E-state index in [4.69, 9.17) is 4.74 Å². The zero-order valence-electron chi connectivity index (χ0n) is 15.8. The van der Waals surface area contributed by atoms with Gasteiger partial charge in [-0.25, -0.2) is 4.98 Å². The first-order valence-electron chi connectivity index (χ1n) is 9.18. The molecule has 0 saturated carbocycles. The largest absolute Gasteiger partial charge is 0.482 e. The lowest BCUT2D eigenvalue weighted by Gasteiger charge is -2.30.